The van der Waals surface area contributed by atoms with Crippen LogP contribution in [0.4, 0.5) is 0 Å². The SMILES string of the molecule is CCCCCCCCCCCC(=O)O[C@@H]1[C@@H](O)[C@@H](OC(=O)/C=C/c2ccccc2)[C@H](O[C@@H]2[C@@H](O[C@@H]3O[C@H](CO)[C@@H](O)[C@H](O)[C@H]3O)[C@@H](OC(=O)C(C)CC)[C@H](O[C@@H]3[C@@H](O)[C@H]4OC(=O)CCCCCCCCCC(CCCCC)O[C@@H]5O[C@H](C)[C@H](O)[C@H](O)[C@H]5O[C@@H]4O[C@H]3C)O[C@H]2C)O[C@H]1C. The lowest BCUT2D eigenvalue weighted by atomic mass is 9.95. The monoisotopic (exact) mass is 1400 g/mol. The van der Waals surface area contributed by atoms with Crippen molar-refractivity contribution in [2.45, 2.75) is 369 Å². The van der Waals surface area contributed by atoms with Gasteiger partial charge in [0.15, 0.2) is 55.9 Å². The largest absolute Gasteiger partial charge is 0.457 e. The maximum absolute atomic E-state index is 14.4. The molecular weight excluding hydrogens is 1280 g/mol. The lowest BCUT2D eigenvalue weighted by Gasteiger charge is -2.51. The fraction of sp³-hybridized carbons (Fsp3) is 0.833. The number of aliphatic hydroxyl groups excluding tert-OH is 8. The van der Waals surface area contributed by atoms with Gasteiger partial charge in [-0.1, -0.05) is 167 Å². The Hall–Kier alpha value is -3.88. The molecule has 0 aromatic heterocycles. The van der Waals surface area contributed by atoms with Gasteiger partial charge in [-0.3, -0.25) is 14.4 Å². The average Bonchev–Trinajstić information content (AvgIpc) is 0.765. The zero-order chi connectivity index (χ0) is 71.0. The molecule has 0 saturated carbocycles. The van der Waals surface area contributed by atoms with E-state index in [1.165, 1.54) is 39.7 Å². The first-order chi connectivity index (χ1) is 47.1. The van der Waals surface area contributed by atoms with Gasteiger partial charge >= 0.3 is 23.9 Å². The number of benzene rings is 1. The van der Waals surface area contributed by atoms with Crippen molar-refractivity contribution >= 4 is 30.0 Å². The summed E-state index contributed by atoms with van der Waals surface area (Å²) < 4.78 is 89.4. The number of hydrogen-bond acceptors (Lipinski definition) is 26. The Morgan fingerprint density at radius 3 is 1.78 bits per heavy atom. The highest BCUT2D eigenvalue weighted by Gasteiger charge is 2.59. The van der Waals surface area contributed by atoms with E-state index in [0.29, 0.717) is 31.2 Å². The first kappa shape index (κ1) is 81.4. The molecule has 0 amide bonds. The Morgan fingerprint density at radius 1 is 0.520 bits per heavy atom. The minimum absolute atomic E-state index is 0.0345. The van der Waals surface area contributed by atoms with Crippen LogP contribution in [0.25, 0.3) is 6.08 Å². The van der Waals surface area contributed by atoms with Crippen LogP contribution in [0.15, 0.2) is 36.4 Å². The summed E-state index contributed by atoms with van der Waals surface area (Å²) in [4.78, 5) is 55.9. The Labute approximate surface area is 577 Å². The topological polar surface area (TPSA) is 359 Å². The summed E-state index contributed by atoms with van der Waals surface area (Å²) in [6.07, 6.45) is -19.1. The van der Waals surface area contributed by atoms with Crippen molar-refractivity contribution in [3.8, 4) is 0 Å². The van der Waals surface area contributed by atoms with Gasteiger partial charge in [-0.2, -0.15) is 0 Å². The van der Waals surface area contributed by atoms with Crippen molar-refractivity contribution in [1.82, 2.24) is 0 Å². The number of hydrogen-bond donors (Lipinski definition) is 8. The van der Waals surface area contributed by atoms with Crippen molar-refractivity contribution < 1.29 is 126 Å². The van der Waals surface area contributed by atoms with Gasteiger partial charge in [0.1, 0.15) is 73.2 Å². The second-order valence-electron chi connectivity index (χ2n) is 27.5. The highest BCUT2D eigenvalue weighted by molar-refractivity contribution is 5.87. The number of carbonyl (C=O) groups is 4. The minimum atomic E-state index is -2.06. The average molecular weight is 1400 g/mol. The fourth-order valence-corrected chi connectivity index (χ4v) is 13.4. The van der Waals surface area contributed by atoms with Crippen LogP contribution in [0.2, 0.25) is 0 Å². The second-order valence-corrected chi connectivity index (χ2v) is 27.5. The van der Waals surface area contributed by atoms with Crippen molar-refractivity contribution in [3.05, 3.63) is 42.0 Å². The Balaban J connectivity index is 1.23. The summed E-state index contributed by atoms with van der Waals surface area (Å²) in [5.41, 5.74) is 0.633. The predicted octanol–water partition coefficient (Wildman–Crippen LogP) is 6.57. The molecule has 560 valence electrons. The molecule has 1 aromatic rings. The first-order valence-corrected chi connectivity index (χ1v) is 36.5. The molecule has 98 heavy (non-hydrogen) atoms. The van der Waals surface area contributed by atoms with Crippen molar-refractivity contribution in [1.29, 1.82) is 0 Å². The fourth-order valence-electron chi connectivity index (χ4n) is 13.4. The van der Waals surface area contributed by atoms with Crippen molar-refractivity contribution in [2.24, 2.45) is 5.92 Å². The summed E-state index contributed by atoms with van der Waals surface area (Å²) in [6.45, 7) is 12.8. The summed E-state index contributed by atoms with van der Waals surface area (Å²) in [5.74, 6) is -3.99. The molecule has 6 saturated heterocycles. The molecule has 26 heteroatoms. The number of unbranched alkanes of at least 4 members (excludes halogenated alkanes) is 10. The quantitative estimate of drug-likeness (QED) is 0.0190. The van der Waals surface area contributed by atoms with Gasteiger partial charge < -0.3 is 107 Å². The minimum Gasteiger partial charge on any atom is -0.457 e. The Bertz CT molecular complexity index is 2510. The Morgan fingerprint density at radius 2 is 1.10 bits per heavy atom. The van der Waals surface area contributed by atoms with E-state index in [-0.39, 0.29) is 25.4 Å². The molecule has 26 nitrogen and oxygen atoms in total. The van der Waals surface area contributed by atoms with Crippen LogP contribution in [0.5, 0.6) is 0 Å². The third-order valence-corrected chi connectivity index (χ3v) is 19.6. The van der Waals surface area contributed by atoms with Gasteiger partial charge in [0.25, 0.3) is 0 Å². The van der Waals surface area contributed by atoms with Gasteiger partial charge in [-0.05, 0) is 71.4 Å². The molecule has 0 bridgehead atoms. The molecule has 8 N–H and O–H groups in total. The van der Waals surface area contributed by atoms with E-state index >= 15 is 0 Å². The molecule has 0 radical (unpaired) electrons. The van der Waals surface area contributed by atoms with Gasteiger partial charge in [0, 0.05) is 18.9 Å². The first-order valence-electron chi connectivity index (χ1n) is 36.5. The standard InChI is InChI=1S/C72H116O26/c1-9-12-14-15-16-17-20-23-30-36-49(74)91-59-43(6)86-70(63(57(59)82)93-51(76)39-38-46-32-27-25-28-33-46)96-61-45(8)88-72(66(94-67(84)41(4)11-3)65(61)98-68-56(81)54(79)53(78)48(40-73)90-68)95-60-44(7)87-71-64(58(60)83)92-50(75)37-31-24-21-18-19-22-29-35-47(34-26-13-10-2)89-69-62(97-71)55(80)52(77)42(5)85-69/h25,27-28,32-33,38-39,41-45,47-48,52-66,68-73,77-83H,9-24,26,29-31,34-37,40H2,1-8H3/b39-38+/t41?,42-,43+,44+,45+,47?,48-,52+,53-,54+,55+,56-,57-,58-,59+,60+,61+,62-,63-,64-,65-,66-,68+,69+,70+,71+,72+/m1/s1. The van der Waals surface area contributed by atoms with Gasteiger partial charge in [0.05, 0.1) is 43.0 Å². The van der Waals surface area contributed by atoms with E-state index in [9.17, 15) is 60.0 Å². The molecule has 27 atom stereocenters. The lowest BCUT2D eigenvalue weighted by Crippen LogP contribution is -2.68. The summed E-state index contributed by atoms with van der Waals surface area (Å²) in [5, 5.41) is 92.3. The van der Waals surface area contributed by atoms with Gasteiger partial charge in [-0.25, -0.2) is 4.79 Å². The zero-order valence-corrected chi connectivity index (χ0v) is 58.7. The Kier molecular flexibility index (Phi) is 34.4. The van der Waals surface area contributed by atoms with E-state index in [0.717, 1.165) is 102 Å². The van der Waals surface area contributed by atoms with Crippen LogP contribution in [0.1, 0.15) is 215 Å². The van der Waals surface area contributed by atoms with Crippen LogP contribution in [0.3, 0.4) is 0 Å². The zero-order valence-electron chi connectivity index (χ0n) is 58.7. The normalized spacial score (nSPS) is 38.3. The van der Waals surface area contributed by atoms with Crippen molar-refractivity contribution in [2.75, 3.05) is 6.61 Å². The summed E-state index contributed by atoms with van der Waals surface area (Å²) in [6, 6.07) is 8.82. The van der Waals surface area contributed by atoms with Crippen LogP contribution in [-0.4, -0.2) is 231 Å². The number of esters is 4. The summed E-state index contributed by atoms with van der Waals surface area (Å²) in [7, 11) is 0. The molecular formula is C72H116O26. The molecule has 0 spiro atoms. The maximum atomic E-state index is 14.4. The van der Waals surface area contributed by atoms with Gasteiger partial charge in [0.2, 0.25) is 0 Å². The maximum Gasteiger partial charge on any atom is 0.331 e. The molecule has 0 aliphatic carbocycles. The van der Waals surface area contributed by atoms with E-state index < -0.39 is 190 Å². The highest BCUT2D eigenvalue weighted by atomic mass is 16.8. The number of fused-ring (bicyclic) bond motifs is 2. The van der Waals surface area contributed by atoms with Crippen LogP contribution in [-0.2, 0) is 85.5 Å². The van der Waals surface area contributed by atoms with Crippen LogP contribution >= 0.6 is 0 Å². The number of aliphatic hydroxyl groups is 8. The lowest BCUT2D eigenvalue weighted by molar-refractivity contribution is -0.400. The molecule has 6 heterocycles. The number of rotatable bonds is 28. The van der Waals surface area contributed by atoms with Crippen LogP contribution < -0.4 is 0 Å². The summed E-state index contributed by atoms with van der Waals surface area (Å²) >= 11 is 0. The molecule has 7 rings (SSSR count). The highest BCUT2D eigenvalue weighted by Crippen LogP contribution is 2.40. The van der Waals surface area contributed by atoms with E-state index in [2.05, 4.69) is 13.8 Å². The molecule has 6 aliphatic heterocycles. The molecule has 1 aromatic carbocycles. The smallest absolute Gasteiger partial charge is 0.331 e. The molecule has 2 unspecified atom stereocenters. The van der Waals surface area contributed by atoms with Crippen LogP contribution in [0, 0.1) is 5.92 Å². The van der Waals surface area contributed by atoms with E-state index in [1.54, 1.807) is 51.1 Å². The molecule has 6 fully saturated rings. The van der Waals surface area contributed by atoms with Gasteiger partial charge in [-0.15, -0.1) is 0 Å². The number of carbonyl (C=O) groups excluding carboxylic acids is 4. The molecule has 6 aliphatic rings. The second kappa shape index (κ2) is 41.4. The van der Waals surface area contributed by atoms with E-state index in [1.807, 2.05) is 0 Å². The third kappa shape index (κ3) is 23.3. The van der Waals surface area contributed by atoms with Crippen molar-refractivity contribution in [3.63, 3.8) is 0 Å². The number of ether oxygens (including phenoxy) is 14. The van der Waals surface area contributed by atoms with E-state index in [4.69, 9.17) is 66.3 Å². The third-order valence-electron chi connectivity index (χ3n) is 19.6. The predicted molar refractivity (Wildman–Crippen MR) is 351 cm³/mol.